The first-order valence-electron chi connectivity index (χ1n) is 7.74. The van der Waals surface area contributed by atoms with E-state index in [-0.39, 0.29) is 0 Å². The third-order valence-corrected chi connectivity index (χ3v) is 3.45. The van der Waals surface area contributed by atoms with Gasteiger partial charge in [-0.05, 0) is 38.1 Å². The first kappa shape index (κ1) is 16.5. The molecule has 0 aliphatic rings. The summed E-state index contributed by atoms with van der Waals surface area (Å²) in [5, 5.41) is 0. The molecule has 0 saturated carbocycles. The zero-order valence-corrected chi connectivity index (χ0v) is 14.1. The number of pyridine rings is 2. The molecule has 120 valence electrons. The Hall–Kier alpha value is -2.82. The molecular formula is C18H23N5. The van der Waals surface area contributed by atoms with Crippen molar-refractivity contribution in [3.63, 3.8) is 0 Å². The maximum Gasteiger partial charge on any atom is 0.138 e. The Morgan fingerprint density at radius 1 is 0.870 bits per heavy atom. The van der Waals surface area contributed by atoms with Crippen LogP contribution in [-0.2, 0) is 0 Å². The lowest BCUT2D eigenvalue weighted by Gasteiger charge is -1.92. The molecule has 0 atom stereocenters. The molecule has 0 amide bonds. The fourth-order valence-electron chi connectivity index (χ4n) is 2.19. The Balaban J connectivity index is 0.000000152. The van der Waals surface area contributed by atoms with Crippen molar-refractivity contribution in [1.82, 2.24) is 18.8 Å². The van der Waals surface area contributed by atoms with E-state index in [1.54, 1.807) is 6.20 Å². The lowest BCUT2D eigenvalue weighted by atomic mass is 10.4. The topological polar surface area (TPSA) is 60.6 Å². The highest BCUT2D eigenvalue weighted by Gasteiger charge is 2.00. The highest BCUT2D eigenvalue weighted by Crippen LogP contribution is 2.09. The number of aryl methyl sites for hydroxylation is 2. The van der Waals surface area contributed by atoms with Crippen molar-refractivity contribution in [2.24, 2.45) is 0 Å². The van der Waals surface area contributed by atoms with E-state index in [1.807, 2.05) is 74.0 Å². The molecule has 0 spiro atoms. The third kappa shape index (κ3) is 3.51. The SMILES string of the molecule is CC.Cc1nc2ccccn2c1C.Nc1cnc2ccccn12. The molecule has 0 saturated heterocycles. The van der Waals surface area contributed by atoms with Crippen molar-refractivity contribution < 1.29 is 0 Å². The summed E-state index contributed by atoms with van der Waals surface area (Å²) in [7, 11) is 0. The quantitative estimate of drug-likeness (QED) is 0.536. The number of imidazole rings is 2. The number of nitrogens with zero attached hydrogens (tertiary/aromatic N) is 4. The first-order chi connectivity index (χ1) is 11.2. The van der Waals surface area contributed by atoms with Gasteiger partial charge in [0, 0.05) is 18.1 Å². The zero-order valence-electron chi connectivity index (χ0n) is 14.1. The number of rotatable bonds is 0. The van der Waals surface area contributed by atoms with Crippen molar-refractivity contribution in [2.75, 3.05) is 5.73 Å². The van der Waals surface area contributed by atoms with Crippen LogP contribution in [0.25, 0.3) is 11.3 Å². The van der Waals surface area contributed by atoms with Crippen LogP contribution >= 0.6 is 0 Å². The smallest absolute Gasteiger partial charge is 0.138 e. The monoisotopic (exact) mass is 309 g/mol. The van der Waals surface area contributed by atoms with E-state index in [0.29, 0.717) is 5.82 Å². The van der Waals surface area contributed by atoms with Crippen LogP contribution in [0.3, 0.4) is 0 Å². The van der Waals surface area contributed by atoms with E-state index in [0.717, 1.165) is 17.0 Å². The predicted molar refractivity (Wildman–Crippen MR) is 95.6 cm³/mol. The Kier molecular flexibility index (Phi) is 5.36. The Morgan fingerprint density at radius 3 is 2.09 bits per heavy atom. The lowest BCUT2D eigenvalue weighted by molar-refractivity contribution is 1.09. The summed E-state index contributed by atoms with van der Waals surface area (Å²) in [6.07, 6.45) is 5.57. The van der Waals surface area contributed by atoms with E-state index in [1.165, 1.54) is 5.69 Å². The van der Waals surface area contributed by atoms with Crippen LogP contribution in [0.4, 0.5) is 5.82 Å². The molecule has 4 heterocycles. The van der Waals surface area contributed by atoms with Gasteiger partial charge in [-0.2, -0.15) is 0 Å². The van der Waals surface area contributed by atoms with E-state index in [9.17, 15) is 0 Å². The Bertz CT molecular complexity index is 889. The van der Waals surface area contributed by atoms with Gasteiger partial charge in [0.1, 0.15) is 17.1 Å². The number of nitrogen functional groups attached to an aromatic ring is 1. The second-order valence-electron chi connectivity index (χ2n) is 4.82. The number of hydrogen-bond donors (Lipinski definition) is 1. The average molecular weight is 309 g/mol. The number of nitrogens with two attached hydrogens (primary N) is 1. The molecule has 0 bridgehead atoms. The molecule has 5 nitrogen and oxygen atoms in total. The maximum atomic E-state index is 5.58. The second-order valence-corrected chi connectivity index (χ2v) is 4.82. The van der Waals surface area contributed by atoms with Gasteiger partial charge in [-0.15, -0.1) is 0 Å². The van der Waals surface area contributed by atoms with Crippen molar-refractivity contribution in [3.8, 4) is 0 Å². The van der Waals surface area contributed by atoms with Crippen LogP contribution in [-0.4, -0.2) is 18.8 Å². The van der Waals surface area contributed by atoms with Gasteiger partial charge in [-0.1, -0.05) is 26.0 Å². The molecule has 0 aliphatic heterocycles. The molecule has 4 rings (SSSR count). The first-order valence-corrected chi connectivity index (χ1v) is 7.74. The summed E-state index contributed by atoms with van der Waals surface area (Å²) in [6, 6.07) is 11.8. The van der Waals surface area contributed by atoms with Crippen molar-refractivity contribution in [1.29, 1.82) is 0 Å². The van der Waals surface area contributed by atoms with Crippen LogP contribution in [0.2, 0.25) is 0 Å². The molecule has 4 aromatic heterocycles. The number of anilines is 1. The van der Waals surface area contributed by atoms with Gasteiger partial charge in [0.15, 0.2) is 0 Å². The van der Waals surface area contributed by atoms with Gasteiger partial charge in [0.25, 0.3) is 0 Å². The number of hydrogen-bond acceptors (Lipinski definition) is 3. The fraction of sp³-hybridized carbons (Fsp3) is 0.222. The van der Waals surface area contributed by atoms with Gasteiger partial charge < -0.3 is 10.1 Å². The highest BCUT2D eigenvalue weighted by molar-refractivity contribution is 5.47. The summed E-state index contributed by atoms with van der Waals surface area (Å²) >= 11 is 0. The van der Waals surface area contributed by atoms with Crippen molar-refractivity contribution in [3.05, 3.63) is 66.4 Å². The second kappa shape index (κ2) is 7.45. The summed E-state index contributed by atoms with van der Waals surface area (Å²) < 4.78 is 3.93. The maximum absolute atomic E-state index is 5.58. The van der Waals surface area contributed by atoms with Crippen LogP contribution in [0, 0.1) is 13.8 Å². The predicted octanol–water partition coefficient (Wildman–Crippen LogP) is 3.89. The summed E-state index contributed by atoms with van der Waals surface area (Å²) in [5.74, 6) is 0.676. The molecule has 0 aromatic carbocycles. The van der Waals surface area contributed by atoms with Crippen molar-refractivity contribution in [2.45, 2.75) is 27.7 Å². The van der Waals surface area contributed by atoms with E-state index >= 15 is 0 Å². The minimum atomic E-state index is 0.676. The van der Waals surface area contributed by atoms with Crippen LogP contribution in [0.1, 0.15) is 25.2 Å². The highest BCUT2D eigenvalue weighted by atomic mass is 15.1. The Morgan fingerprint density at radius 2 is 1.48 bits per heavy atom. The summed E-state index contributed by atoms with van der Waals surface area (Å²) in [4.78, 5) is 8.43. The normalized spacial score (nSPS) is 9.91. The standard InChI is InChI=1S/C9H10N2.C7H7N3.C2H6/c1-7-8(2)11-6-4-3-5-9(11)10-7;8-6-5-9-7-3-1-2-4-10(6)7;1-2/h3-6H,1-2H3;1-5H,8H2;1-2H3. The molecule has 2 N–H and O–H groups in total. The van der Waals surface area contributed by atoms with Gasteiger partial charge in [0.05, 0.1) is 11.9 Å². The Labute approximate surface area is 136 Å². The van der Waals surface area contributed by atoms with Crippen LogP contribution in [0.15, 0.2) is 55.0 Å². The summed E-state index contributed by atoms with van der Waals surface area (Å²) in [5.41, 5.74) is 9.83. The van der Waals surface area contributed by atoms with Gasteiger partial charge in [-0.3, -0.25) is 4.40 Å². The van der Waals surface area contributed by atoms with Crippen molar-refractivity contribution >= 4 is 17.1 Å². The van der Waals surface area contributed by atoms with Gasteiger partial charge in [0.2, 0.25) is 0 Å². The summed E-state index contributed by atoms with van der Waals surface area (Å²) in [6.45, 7) is 8.11. The zero-order chi connectivity index (χ0) is 16.8. The van der Waals surface area contributed by atoms with E-state index in [4.69, 9.17) is 5.73 Å². The number of aromatic nitrogens is 4. The molecule has 0 fully saturated rings. The fourth-order valence-corrected chi connectivity index (χ4v) is 2.19. The molecule has 4 aromatic rings. The van der Waals surface area contributed by atoms with E-state index < -0.39 is 0 Å². The van der Waals surface area contributed by atoms with Gasteiger partial charge >= 0.3 is 0 Å². The third-order valence-electron chi connectivity index (χ3n) is 3.45. The molecule has 5 heteroatoms. The van der Waals surface area contributed by atoms with E-state index in [2.05, 4.69) is 21.3 Å². The minimum absolute atomic E-state index is 0.676. The molecule has 23 heavy (non-hydrogen) atoms. The van der Waals surface area contributed by atoms with Gasteiger partial charge in [-0.25, -0.2) is 9.97 Å². The molecule has 0 unspecified atom stereocenters. The molecule has 0 aliphatic carbocycles. The largest absolute Gasteiger partial charge is 0.383 e. The minimum Gasteiger partial charge on any atom is -0.383 e. The lowest BCUT2D eigenvalue weighted by Crippen LogP contribution is -1.90. The van der Waals surface area contributed by atoms with Crippen LogP contribution < -0.4 is 5.73 Å². The molecular weight excluding hydrogens is 286 g/mol. The number of fused-ring (bicyclic) bond motifs is 2. The molecule has 0 radical (unpaired) electrons. The average Bonchev–Trinajstić information content (AvgIpc) is 3.12. The van der Waals surface area contributed by atoms with Crippen LogP contribution in [0.5, 0.6) is 0 Å².